The fourth-order valence-corrected chi connectivity index (χ4v) is 13.2. The maximum atomic E-state index is 5.80. The van der Waals surface area contributed by atoms with Gasteiger partial charge in [0.1, 0.15) is 5.75 Å². The van der Waals surface area contributed by atoms with E-state index < -0.39 is 0 Å². The summed E-state index contributed by atoms with van der Waals surface area (Å²) >= 11 is 0. The Bertz CT molecular complexity index is 2800. The molecular weight excluding hydrogens is 1140 g/mol. The zero-order valence-electron chi connectivity index (χ0n) is 59.1. The molecule has 5 unspecified atom stereocenters. The van der Waals surface area contributed by atoms with E-state index in [2.05, 4.69) is 64.1 Å². The maximum Gasteiger partial charge on any atom is 0.141 e. The Balaban J connectivity index is 0.000000220. The molecule has 0 aliphatic heterocycles. The molecule has 5 atom stereocenters. The van der Waals surface area contributed by atoms with Crippen LogP contribution in [0.2, 0.25) is 0 Å². The minimum atomic E-state index is 0.519. The van der Waals surface area contributed by atoms with Gasteiger partial charge in [0.25, 0.3) is 0 Å². The second kappa shape index (κ2) is 47.5. The number of hydrogen-bond acceptors (Lipinski definition) is 12. The summed E-state index contributed by atoms with van der Waals surface area (Å²) in [6.07, 6.45) is 41.3. The number of aryl methyl sites for hydroxylation is 2. The van der Waals surface area contributed by atoms with Gasteiger partial charge in [-0.15, -0.1) is 0 Å². The number of hydrogen-bond donors (Lipinski definition) is 11. The molecule has 0 spiro atoms. The van der Waals surface area contributed by atoms with E-state index in [-0.39, 0.29) is 0 Å². The molecule has 22 N–H and O–H groups in total. The zero-order valence-corrected chi connectivity index (χ0v) is 59.1. The summed E-state index contributed by atoms with van der Waals surface area (Å²) in [5.41, 5.74) is 67.6. The van der Waals surface area contributed by atoms with Gasteiger partial charge in [-0.3, -0.25) is 0 Å². The second-order valence-corrected chi connectivity index (χ2v) is 28.6. The molecule has 0 radical (unpaired) electrons. The highest BCUT2D eigenvalue weighted by molar-refractivity contribution is 5.92. The second-order valence-electron chi connectivity index (χ2n) is 28.6. The Morgan fingerprint density at radius 1 is 0.344 bits per heavy atom. The molecule has 93 heavy (non-hydrogen) atoms. The number of methoxy groups -OCH3 is 1. The Morgan fingerprint density at radius 2 is 0.774 bits per heavy atom. The third-order valence-corrected chi connectivity index (χ3v) is 19.7. The first-order valence-corrected chi connectivity index (χ1v) is 36.8. The first-order valence-electron chi connectivity index (χ1n) is 36.8. The van der Waals surface area contributed by atoms with Crippen molar-refractivity contribution in [1.82, 2.24) is 0 Å². The van der Waals surface area contributed by atoms with Crippen LogP contribution >= 0.6 is 0 Å². The molecule has 8 aliphatic rings. The van der Waals surface area contributed by atoms with Gasteiger partial charge in [0.2, 0.25) is 0 Å². The zero-order chi connectivity index (χ0) is 67.6. The highest BCUT2D eigenvalue weighted by Crippen LogP contribution is 2.33. The Morgan fingerprint density at radius 3 is 1.26 bits per heavy atom. The number of para-hydroxylation sites is 2. The van der Waals surface area contributed by atoms with E-state index in [1.807, 2.05) is 84.9 Å². The van der Waals surface area contributed by atoms with Crippen LogP contribution in [0.1, 0.15) is 225 Å². The van der Waals surface area contributed by atoms with Crippen molar-refractivity contribution in [1.29, 1.82) is 0 Å². The quantitative estimate of drug-likeness (QED) is 0.0582. The van der Waals surface area contributed by atoms with Gasteiger partial charge in [0, 0.05) is 52.7 Å². The van der Waals surface area contributed by atoms with E-state index in [9.17, 15) is 0 Å². The van der Waals surface area contributed by atoms with Gasteiger partial charge in [-0.2, -0.15) is 0 Å². The van der Waals surface area contributed by atoms with Crippen molar-refractivity contribution < 1.29 is 4.74 Å². The number of nitrogen functional groups attached to an aromatic ring is 4. The highest BCUT2D eigenvalue weighted by Gasteiger charge is 2.24. The minimum Gasteiger partial charge on any atom is -0.495 e. The molecule has 0 amide bonds. The van der Waals surface area contributed by atoms with Crippen molar-refractivity contribution in [2.45, 2.75) is 257 Å². The summed E-state index contributed by atoms with van der Waals surface area (Å²) in [7, 11) is 1.60. The van der Waals surface area contributed by atoms with Crippen LogP contribution in [0.25, 0.3) is 21.5 Å². The number of fused-ring (bicyclic) bond motifs is 3. The molecule has 12 nitrogen and oxygen atoms in total. The number of ether oxygens (including phenoxy) is 1. The van der Waals surface area contributed by atoms with E-state index in [0.717, 1.165) is 76.8 Å². The van der Waals surface area contributed by atoms with Crippen LogP contribution in [0.15, 0.2) is 127 Å². The lowest BCUT2D eigenvalue weighted by molar-refractivity contribution is 0.213. The van der Waals surface area contributed by atoms with E-state index in [1.165, 1.54) is 226 Å². The van der Waals surface area contributed by atoms with Gasteiger partial charge in [0.15, 0.2) is 0 Å². The molecular formula is C81H135N11O. The lowest BCUT2D eigenvalue weighted by Gasteiger charge is -2.31. The summed E-state index contributed by atoms with van der Waals surface area (Å²) in [6.45, 7) is 11.2. The van der Waals surface area contributed by atoms with Gasteiger partial charge < -0.3 is 67.8 Å². The number of nitrogens with two attached hydrogens (primary N) is 11. The molecule has 0 heterocycles. The molecule has 6 aromatic carbocycles. The van der Waals surface area contributed by atoms with E-state index in [0.29, 0.717) is 35.9 Å². The molecule has 520 valence electrons. The summed E-state index contributed by atoms with van der Waals surface area (Å²) in [4.78, 5) is 0. The van der Waals surface area contributed by atoms with Gasteiger partial charge in [-0.05, 0) is 234 Å². The molecule has 0 aromatic heterocycles. The lowest BCUT2D eigenvalue weighted by Crippen LogP contribution is -2.27. The van der Waals surface area contributed by atoms with Gasteiger partial charge in [-0.25, -0.2) is 0 Å². The van der Waals surface area contributed by atoms with Gasteiger partial charge in [0.05, 0.1) is 12.8 Å². The van der Waals surface area contributed by atoms with Crippen LogP contribution in [0.3, 0.4) is 0 Å². The summed E-state index contributed by atoms with van der Waals surface area (Å²) in [6, 6.07) is 44.5. The number of benzene rings is 6. The Labute approximate surface area is 566 Å². The lowest BCUT2D eigenvalue weighted by atomic mass is 9.76. The van der Waals surface area contributed by atoms with Crippen LogP contribution < -0.4 is 67.8 Å². The van der Waals surface area contributed by atoms with Crippen LogP contribution in [0.4, 0.5) is 22.7 Å². The van der Waals surface area contributed by atoms with Crippen molar-refractivity contribution in [3.8, 4) is 5.75 Å². The normalized spacial score (nSPS) is 22.6. The van der Waals surface area contributed by atoms with E-state index in [1.54, 1.807) is 13.2 Å². The largest absolute Gasteiger partial charge is 0.495 e. The molecule has 0 saturated heterocycles. The molecule has 0 bridgehead atoms. The average Bonchev–Trinajstić information content (AvgIpc) is 1.30. The van der Waals surface area contributed by atoms with Crippen LogP contribution in [0.5, 0.6) is 5.75 Å². The number of rotatable bonds is 3. The maximum absolute atomic E-state index is 5.80. The first-order chi connectivity index (χ1) is 44.9. The highest BCUT2D eigenvalue weighted by atomic mass is 16.5. The van der Waals surface area contributed by atoms with Crippen molar-refractivity contribution in [2.75, 3.05) is 43.1 Å². The fourth-order valence-electron chi connectivity index (χ4n) is 13.2. The minimum absolute atomic E-state index is 0.519. The van der Waals surface area contributed by atoms with Crippen molar-refractivity contribution in [2.24, 2.45) is 75.6 Å². The van der Waals surface area contributed by atoms with Gasteiger partial charge in [-0.1, -0.05) is 196 Å². The summed E-state index contributed by atoms with van der Waals surface area (Å²) < 4.78 is 4.92. The van der Waals surface area contributed by atoms with Crippen LogP contribution in [0, 0.1) is 35.5 Å². The smallest absolute Gasteiger partial charge is 0.141 e. The Kier molecular flexibility index (Phi) is 40.8. The molecule has 12 heteroatoms. The molecule has 7 saturated carbocycles. The number of anilines is 4. The third-order valence-electron chi connectivity index (χ3n) is 19.7. The average molecular weight is 1280 g/mol. The molecule has 7 fully saturated rings. The topological polar surface area (TPSA) is 295 Å². The first kappa shape index (κ1) is 80.0. The standard InChI is InChI=1S/2C10H9N.C9H11N.2C9H19N.C8H17N.C7H9NO.C7H15N.C5H11N.C4H9N.C3H7N/c11-10-7-3-5-8-4-1-2-6-9(8)10;11-10-6-5-8-3-1-2-4-9(8)7-10;10-9-5-4-7-2-1-3-8(7)6-9;1-7-3-8(2)5-9(4-7)6-10;1-7-3-4-9(6-10)5-8(7)2;9-8-6-4-2-1-3-5-7-8;1-9-7-5-3-2-4-6(7)8;8-7-5-3-1-2-4-6-7;6-5-3-1-2-4-5;5-4-2-1-3-4;4-3-1-2-3/h2*1-7H,11H2;4-6H,1-3,10H2;2*7-9H,3-6,10H2,1-2H3;8H,1-7,9H2;2-5H,8H2,1H3;7H,1-6,8H2;5H,1-4,6H2;4H,1-3,5H2;3H,1-2,4H2. The van der Waals surface area contributed by atoms with Crippen LogP contribution in [-0.4, -0.2) is 50.4 Å². The fraction of sp³-hybridized carbons (Fsp3) is 0.605. The molecule has 6 aromatic rings. The predicted octanol–water partition coefficient (Wildman–Crippen LogP) is 17.1. The third kappa shape index (κ3) is 35.8. The van der Waals surface area contributed by atoms with Crippen LogP contribution in [-0.2, 0) is 12.8 Å². The van der Waals surface area contributed by atoms with Crippen molar-refractivity contribution in [3.05, 3.63) is 139 Å². The monoisotopic (exact) mass is 1280 g/mol. The van der Waals surface area contributed by atoms with E-state index in [4.69, 9.17) is 67.8 Å². The predicted molar refractivity (Wildman–Crippen MR) is 408 cm³/mol. The van der Waals surface area contributed by atoms with Crippen molar-refractivity contribution >= 4 is 44.3 Å². The molecule has 8 aliphatic carbocycles. The van der Waals surface area contributed by atoms with Crippen molar-refractivity contribution in [3.63, 3.8) is 0 Å². The Hall–Kier alpha value is -5.44. The molecule has 14 rings (SSSR count). The summed E-state index contributed by atoms with van der Waals surface area (Å²) in [5, 5.41) is 4.77. The van der Waals surface area contributed by atoms with Gasteiger partial charge >= 0.3 is 0 Å². The summed E-state index contributed by atoms with van der Waals surface area (Å²) in [5.74, 6) is 6.04. The SMILES string of the molecule is CC1CC(C)CC(CN)C1.CC1CCC(CN)CC1C.COc1ccccc1N.NC1CC1.NC1CCC1.NC1CCCC1.NC1CCCCCC1.NC1CCCCCCC1.Nc1ccc2c(c1)CCC2.Nc1ccc2ccccc2c1.Nc1cccc2ccccc12. The van der Waals surface area contributed by atoms with E-state index >= 15 is 0 Å².